The molecule has 104 valence electrons. The van der Waals surface area contributed by atoms with Gasteiger partial charge in [0, 0.05) is 25.9 Å². The molecule has 1 aliphatic heterocycles. The molecule has 0 aromatic carbocycles. The third kappa shape index (κ3) is 3.04. The summed E-state index contributed by atoms with van der Waals surface area (Å²) in [4.78, 5) is 17.9. The minimum absolute atomic E-state index is 0.206. The van der Waals surface area contributed by atoms with Gasteiger partial charge in [0.15, 0.2) is 0 Å². The summed E-state index contributed by atoms with van der Waals surface area (Å²) < 4.78 is 5.33. The van der Waals surface area contributed by atoms with Crippen molar-refractivity contribution in [1.82, 2.24) is 4.98 Å². The molecule has 1 aliphatic rings. The fourth-order valence-electron chi connectivity index (χ4n) is 2.25. The molecule has 1 N–H and O–H groups in total. The van der Waals surface area contributed by atoms with Crippen molar-refractivity contribution in [3.05, 3.63) is 23.4 Å². The molecule has 0 amide bonds. The van der Waals surface area contributed by atoms with E-state index in [1.54, 1.807) is 19.2 Å². The van der Waals surface area contributed by atoms with Crippen molar-refractivity contribution < 1.29 is 14.6 Å². The summed E-state index contributed by atoms with van der Waals surface area (Å²) in [6, 6.07) is 3.30. The topological polar surface area (TPSA) is 62.7 Å². The summed E-state index contributed by atoms with van der Waals surface area (Å²) >= 11 is 0. The Morgan fingerprint density at radius 3 is 2.79 bits per heavy atom. The summed E-state index contributed by atoms with van der Waals surface area (Å²) in [7, 11) is 1.70. The molecule has 0 spiro atoms. The average Bonchev–Trinajstić information content (AvgIpc) is 2.86. The third-order valence-electron chi connectivity index (χ3n) is 3.47. The van der Waals surface area contributed by atoms with Crippen molar-refractivity contribution in [3.8, 4) is 0 Å². The van der Waals surface area contributed by atoms with Crippen LogP contribution in [0.25, 0.3) is 0 Å². The minimum Gasteiger partial charge on any atom is -0.478 e. The van der Waals surface area contributed by atoms with Crippen LogP contribution in [0.5, 0.6) is 0 Å². The van der Waals surface area contributed by atoms with Crippen LogP contribution in [0.1, 0.15) is 42.2 Å². The van der Waals surface area contributed by atoms with Crippen LogP contribution in [0.2, 0.25) is 0 Å². The van der Waals surface area contributed by atoms with Crippen molar-refractivity contribution in [3.63, 3.8) is 0 Å². The van der Waals surface area contributed by atoms with Crippen LogP contribution < -0.4 is 4.90 Å². The van der Waals surface area contributed by atoms with E-state index in [4.69, 9.17) is 4.74 Å². The molecular weight excluding hydrogens is 244 g/mol. The van der Waals surface area contributed by atoms with Gasteiger partial charge in [-0.1, -0.05) is 13.8 Å². The number of hydrogen-bond donors (Lipinski definition) is 1. The summed E-state index contributed by atoms with van der Waals surface area (Å²) in [5.41, 5.74) is 1.12. The first-order valence-electron chi connectivity index (χ1n) is 6.54. The average molecular weight is 264 g/mol. The van der Waals surface area contributed by atoms with Gasteiger partial charge in [-0.25, -0.2) is 9.78 Å². The van der Waals surface area contributed by atoms with Gasteiger partial charge in [-0.15, -0.1) is 0 Å². The van der Waals surface area contributed by atoms with E-state index < -0.39 is 5.97 Å². The maximum absolute atomic E-state index is 11.2. The van der Waals surface area contributed by atoms with Crippen molar-refractivity contribution in [2.24, 2.45) is 0 Å². The van der Waals surface area contributed by atoms with E-state index in [1.165, 1.54) is 0 Å². The first-order chi connectivity index (χ1) is 9.01. The number of ether oxygens (including phenoxy) is 1. The Morgan fingerprint density at radius 1 is 1.53 bits per heavy atom. The Hall–Kier alpha value is -1.62. The Bertz CT molecular complexity index is 474. The smallest absolute Gasteiger partial charge is 0.335 e. The molecule has 5 nitrogen and oxygen atoms in total. The lowest BCUT2D eigenvalue weighted by Crippen LogP contribution is -2.24. The zero-order valence-electron chi connectivity index (χ0n) is 11.6. The zero-order valence-corrected chi connectivity index (χ0v) is 11.6. The number of pyridine rings is 1. The molecule has 2 heterocycles. The molecule has 0 aliphatic carbocycles. The first-order valence-corrected chi connectivity index (χ1v) is 6.54. The summed E-state index contributed by atoms with van der Waals surface area (Å²) in [6.07, 6.45) is 1.16. The molecular formula is C14H20N2O3. The summed E-state index contributed by atoms with van der Waals surface area (Å²) in [6.45, 7) is 5.65. The second kappa shape index (κ2) is 5.57. The molecule has 5 heteroatoms. The Morgan fingerprint density at radius 2 is 2.26 bits per heavy atom. The standard InChI is InChI=1S/C14H20N2O3/c1-9(2)12-6-10(14(17)18)7-13(15-12)16-5-4-11(8-16)19-3/h6-7,9,11H,4-5,8H2,1-3H3,(H,17,18). The van der Waals surface area contributed by atoms with Gasteiger partial charge >= 0.3 is 5.97 Å². The quantitative estimate of drug-likeness (QED) is 0.902. The van der Waals surface area contributed by atoms with E-state index in [2.05, 4.69) is 9.88 Å². The zero-order chi connectivity index (χ0) is 14.0. The Balaban J connectivity index is 2.31. The molecule has 1 atom stereocenters. The highest BCUT2D eigenvalue weighted by Crippen LogP contribution is 2.24. The van der Waals surface area contributed by atoms with E-state index in [0.29, 0.717) is 5.56 Å². The number of carbonyl (C=O) groups is 1. The molecule has 2 rings (SSSR count). The molecule has 1 saturated heterocycles. The van der Waals surface area contributed by atoms with Gasteiger partial charge in [-0.3, -0.25) is 0 Å². The highest BCUT2D eigenvalue weighted by molar-refractivity contribution is 5.88. The number of carboxylic acids is 1. The SMILES string of the molecule is COC1CCN(c2cc(C(=O)O)cc(C(C)C)n2)C1. The molecule has 0 radical (unpaired) electrons. The lowest BCUT2D eigenvalue weighted by Gasteiger charge is -2.19. The number of carboxylic acid groups (broad SMARTS) is 1. The van der Waals surface area contributed by atoms with Crippen molar-refractivity contribution >= 4 is 11.8 Å². The largest absolute Gasteiger partial charge is 0.478 e. The maximum atomic E-state index is 11.2. The van der Waals surface area contributed by atoms with Crippen LogP contribution in [-0.2, 0) is 4.74 Å². The van der Waals surface area contributed by atoms with Gasteiger partial charge in [-0.05, 0) is 24.5 Å². The second-order valence-electron chi connectivity index (χ2n) is 5.19. The van der Waals surface area contributed by atoms with E-state index in [0.717, 1.165) is 31.0 Å². The summed E-state index contributed by atoms with van der Waals surface area (Å²) in [5.74, 6) is 0.0371. The lowest BCUT2D eigenvalue weighted by molar-refractivity contribution is 0.0696. The van der Waals surface area contributed by atoms with Crippen LogP contribution in [-0.4, -0.2) is 42.4 Å². The number of anilines is 1. The van der Waals surface area contributed by atoms with E-state index >= 15 is 0 Å². The van der Waals surface area contributed by atoms with E-state index in [1.807, 2.05) is 13.8 Å². The molecule has 1 aromatic heterocycles. The Labute approximate surface area is 113 Å². The van der Waals surface area contributed by atoms with Gasteiger partial charge < -0.3 is 14.7 Å². The van der Waals surface area contributed by atoms with Gasteiger partial charge in [0.1, 0.15) is 5.82 Å². The molecule has 19 heavy (non-hydrogen) atoms. The van der Waals surface area contributed by atoms with Crippen LogP contribution in [0.15, 0.2) is 12.1 Å². The van der Waals surface area contributed by atoms with Gasteiger partial charge in [0.05, 0.1) is 11.7 Å². The van der Waals surface area contributed by atoms with Crippen LogP contribution in [0.3, 0.4) is 0 Å². The van der Waals surface area contributed by atoms with Crippen LogP contribution in [0.4, 0.5) is 5.82 Å². The fraction of sp³-hybridized carbons (Fsp3) is 0.571. The maximum Gasteiger partial charge on any atom is 0.335 e. The molecule has 1 aromatic rings. The monoisotopic (exact) mass is 264 g/mol. The van der Waals surface area contributed by atoms with Crippen molar-refractivity contribution in [2.45, 2.75) is 32.3 Å². The molecule has 0 bridgehead atoms. The van der Waals surface area contributed by atoms with Gasteiger partial charge in [-0.2, -0.15) is 0 Å². The molecule has 1 fully saturated rings. The first kappa shape index (κ1) is 13.8. The number of aromatic carboxylic acids is 1. The van der Waals surface area contributed by atoms with Crippen LogP contribution in [0, 0.1) is 0 Å². The highest BCUT2D eigenvalue weighted by atomic mass is 16.5. The number of aromatic nitrogens is 1. The molecule has 1 unspecified atom stereocenters. The predicted octanol–water partition coefficient (Wildman–Crippen LogP) is 2.13. The van der Waals surface area contributed by atoms with E-state index in [-0.39, 0.29) is 12.0 Å². The van der Waals surface area contributed by atoms with Gasteiger partial charge in [0.25, 0.3) is 0 Å². The number of hydrogen-bond acceptors (Lipinski definition) is 4. The normalized spacial score (nSPS) is 19.2. The fourth-order valence-corrected chi connectivity index (χ4v) is 2.25. The van der Waals surface area contributed by atoms with Crippen LogP contribution >= 0.6 is 0 Å². The third-order valence-corrected chi connectivity index (χ3v) is 3.47. The summed E-state index contributed by atoms with van der Waals surface area (Å²) in [5, 5.41) is 9.19. The van der Waals surface area contributed by atoms with Crippen molar-refractivity contribution in [1.29, 1.82) is 0 Å². The number of nitrogens with zero attached hydrogens (tertiary/aromatic N) is 2. The van der Waals surface area contributed by atoms with Crippen molar-refractivity contribution in [2.75, 3.05) is 25.1 Å². The predicted molar refractivity (Wildman–Crippen MR) is 72.9 cm³/mol. The second-order valence-corrected chi connectivity index (χ2v) is 5.19. The van der Waals surface area contributed by atoms with Gasteiger partial charge in [0.2, 0.25) is 0 Å². The van der Waals surface area contributed by atoms with E-state index in [9.17, 15) is 9.90 Å². The Kier molecular flexibility index (Phi) is 4.04. The lowest BCUT2D eigenvalue weighted by atomic mass is 10.1. The molecule has 0 saturated carbocycles. The number of methoxy groups -OCH3 is 1. The highest BCUT2D eigenvalue weighted by Gasteiger charge is 2.24. The number of rotatable bonds is 4. The minimum atomic E-state index is -0.909.